The summed E-state index contributed by atoms with van der Waals surface area (Å²) in [6.07, 6.45) is -2.79. The number of β-amino-alcohol motifs (C(OH)–C–C–N with tert-alkyl or cyclic N) is 2. The van der Waals surface area contributed by atoms with Crippen LogP contribution in [0.5, 0.6) is 0 Å². The van der Waals surface area contributed by atoms with Gasteiger partial charge < -0.3 is 25.2 Å². The Labute approximate surface area is 151 Å². The molecule has 1 aromatic carbocycles. The Bertz CT molecular complexity index is 661. The first-order valence-corrected chi connectivity index (χ1v) is 8.46. The number of nitrogens with zero attached hydrogens (tertiary/aromatic N) is 1. The number of alkyl carbamates (subject to hydrolysis) is 1. The van der Waals surface area contributed by atoms with Crippen molar-refractivity contribution in [2.75, 3.05) is 13.1 Å². The number of hydrogen-bond acceptors (Lipinski definition) is 5. The average molecular weight is 368 g/mol. The highest BCUT2D eigenvalue weighted by molar-refractivity contribution is 5.94. The first-order chi connectivity index (χ1) is 12.1. The molecule has 26 heavy (non-hydrogen) atoms. The summed E-state index contributed by atoms with van der Waals surface area (Å²) in [5, 5.41) is 23.1. The van der Waals surface area contributed by atoms with Crippen LogP contribution in [0.15, 0.2) is 24.3 Å². The fraction of sp³-hybridized carbons (Fsp3) is 0.556. The normalized spacial score (nSPS) is 23.9. The monoisotopic (exact) mass is 368 g/mol. The molecule has 144 valence electrons. The number of ether oxygens (including phenoxy) is 1. The van der Waals surface area contributed by atoms with Crippen LogP contribution in [-0.2, 0) is 4.74 Å². The van der Waals surface area contributed by atoms with Gasteiger partial charge in [-0.25, -0.2) is 9.18 Å². The number of nitrogens with one attached hydrogen (secondary N) is 1. The Morgan fingerprint density at radius 2 is 1.88 bits per heavy atom. The molecule has 3 atom stereocenters. The van der Waals surface area contributed by atoms with Crippen molar-refractivity contribution in [3.05, 3.63) is 35.6 Å². The molecule has 1 heterocycles. The number of hydrogen-bond donors (Lipinski definition) is 3. The summed E-state index contributed by atoms with van der Waals surface area (Å²) in [7, 11) is 0. The fourth-order valence-corrected chi connectivity index (χ4v) is 2.79. The van der Waals surface area contributed by atoms with Crippen molar-refractivity contribution in [2.24, 2.45) is 0 Å². The summed E-state index contributed by atoms with van der Waals surface area (Å²) in [6, 6.07) is 4.73. The summed E-state index contributed by atoms with van der Waals surface area (Å²) in [5.41, 5.74) is -0.837. The van der Waals surface area contributed by atoms with Crippen molar-refractivity contribution >= 4 is 12.0 Å². The summed E-state index contributed by atoms with van der Waals surface area (Å²) in [6.45, 7) is 4.90. The lowest BCUT2D eigenvalue weighted by Crippen LogP contribution is -2.48. The molecule has 3 N–H and O–H groups in total. The minimum absolute atomic E-state index is 0.0431. The molecule has 0 bridgehead atoms. The molecule has 0 unspecified atom stereocenters. The average Bonchev–Trinajstić information content (AvgIpc) is 2.64. The van der Waals surface area contributed by atoms with Gasteiger partial charge in [0.2, 0.25) is 0 Å². The fourth-order valence-electron chi connectivity index (χ4n) is 2.79. The number of halogens is 1. The predicted molar refractivity (Wildman–Crippen MR) is 92.1 cm³/mol. The van der Waals surface area contributed by atoms with Gasteiger partial charge in [-0.15, -0.1) is 0 Å². The van der Waals surface area contributed by atoms with Gasteiger partial charge in [0.1, 0.15) is 11.4 Å². The van der Waals surface area contributed by atoms with E-state index in [1.807, 2.05) is 0 Å². The molecule has 0 aliphatic carbocycles. The highest BCUT2D eigenvalue weighted by atomic mass is 19.1. The lowest BCUT2D eigenvalue weighted by molar-refractivity contribution is 0.0382. The summed E-state index contributed by atoms with van der Waals surface area (Å²) < 4.78 is 19.0. The molecule has 0 saturated carbocycles. The molecule has 1 aromatic rings. The number of amides is 2. The van der Waals surface area contributed by atoms with Crippen LogP contribution in [-0.4, -0.2) is 64.1 Å². The molecule has 8 heteroatoms. The Balaban J connectivity index is 2.08. The van der Waals surface area contributed by atoms with Gasteiger partial charge in [-0.05, 0) is 39.3 Å². The maximum absolute atomic E-state index is 13.9. The van der Waals surface area contributed by atoms with Gasteiger partial charge in [-0.2, -0.15) is 0 Å². The van der Waals surface area contributed by atoms with Crippen LogP contribution in [0, 0.1) is 5.82 Å². The first-order valence-electron chi connectivity index (χ1n) is 8.46. The van der Waals surface area contributed by atoms with Crippen molar-refractivity contribution in [2.45, 2.75) is 51.0 Å². The standard InChI is InChI=1S/C18H25FN2O5/c1-18(2,3)26-17(25)20-14-8-11(22)9-21(10-15(14)23)16(24)12-6-4-5-7-13(12)19/h4-7,11,14-15,22-23H,8-10H2,1-3H3,(H,20,25)/t11-,14-,15-/m1/s1. The van der Waals surface area contributed by atoms with Gasteiger partial charge in [0.05, 0.1) is 23.8 Å². The third-order valence-corrected chi connectivity index (χ3v) is 3.92. The van der Waals surface area contributed by atoms with E-state index in [2.05, 4.69) is 5.32 Å². The Kier molecular flexibility index (Phi) is 6.20. The molecule has 1 fully saturated rings. The highest BCUT2D eigenvalue weighted by Crippen LogP contribution is 2.18. The summed E-state index contributed by atoms with van der Waals surface area (Å²) in [5.74, 6) is -1.30. The summed E-state index contributed by atoms with van der Waals surface area (Å²) in [4.78, 5) is 25.6. The predicted octanol–water partition coefficient (Wildman–Crippen LogP) is 1.29. The van der Waals surface area contributed by atoms with Gasteiger partial charge in [0.15, 0.2) is 0 Å². The van der Waals surface area contributed by atoms with Crippen LogP contribution in [0.3, 0.4) is 0 Å². The van der Waals surface area contributed by atoms with E-state index in [4.69, 9.17) is 4.74 Å². The molecule has 0 radical (unpaired) electrons. The molecule has 1 aliphatic heterocycles. The van der Waals surface area contributed by atoms with Crippen molar-refractivity contribution in [3.8, 4) is 0 Å². The van der Waals surface area contributed by atoms with Crippen molar-refractivity contribution in [1.82, 2.24) is 10.2 Å². The van der Waals surface area contributed by atoms with E-state index in [-0.39, 0.29) is 25.1 Å². The van der Waals surface area contributed by atoms with Gasteiger partial charge in [0.25, 0.3) is 5.91 Å². The topological polar surface area (TPSA) is 99.1 Å². The molecule has 2 rings (SSSR count). The van der Waals surface area contributed by atoms with Crippen LogP contribution >= 0.6 is 0 Å². The number of aliphatic hydroxyl groups excluding tert-OH is 2. The number of rotatable bonds is 2. The number of likely N-dealkylation sites (tertiary alicyclic amines) is 1. The summed E-state index contributed by atoms with van der Waals surface area (Å²) >= 11 is 0. The van der Waals surface area contributed by atoms with Crippen LogP contribution in [0.4, 0.5) is 9.18 Å². The Hall–Kier alpha value is -2.19. The second-order valence-corrected chi connectivity index (χ2v) is 7.40. The van der Waals surface area contributed by atoms with E-state index in [0.717, 1.165) is 0 Å². The second kappa shape index (κ2) is 8.01. The maximum Gasteiger partial charge on any atom is 0.407 e. The van der Waals surface area contributed by atoms with E-state index >= 15 is 0 Å². The molecule has 1 aliphatic rings. The van der Waals surface area contributed by atoms with E-state index in [1.165, 1.54) is 29.2 Å². The SMILES string of the molecule is CC(C)(C)OC(=O)N[C@@H]1C[C@@H](O)CN(C(=O)c2ccccc2F)C[C@H]1O. The van der Waals surface area contributed by atoms with E-state index in [9.17, 15) is 24.2 Å². The van der Waals surface area contributed by atoms with Crippen LogP contribution in [0.1, 0.15) is 37.6 Å². The number of carbonyl (C=O) groups excluding carboxylic acids is 2. The zero-order valence-electron chi connectivity index (χ0n) is 15.1. The number of aliphatic hydroxyl groups is 2. The lowest BCUT2D eigenvalue weighted by atomic mass is 10.1. The third kappa shape index (κ3) is 5.40. The van der Waals surface area contributed by atoms with Crippen molar-refractivity contribution in [3.63, 3.8) is 0 Å². The second-order valence-electron chi connectivity index (χ2n) is 7.40. The molecule has 7 nitrogen and oxygen atoms in total. The lowest BCUT2D eigenvalue weighted by Gasteiger charge is -2.26. The third-order valence-electron chi connectivity index (χ3n) is 3.92. The molecule has 1 saturated heterocycles. The first kappa shape index (κ1) is 20.1. The van der Waals surface area contributed by atoms with Gasteiger partial charge in [0, 0.05) is 13.1 Å². The van der Waals surface area contributed by atoms with E-state index in [1.54, 1.807) is 20.8 Å². The van der Waals surface area contributed by atoms with Gasteiger partial charge >= 0.3 is 6.09 Å². The van der Waals surface area contributed by atoms with E-state index < -0.39 is 41.7 Å². The molecule has 0 aromatic heterocycles. The Morgan fingerprint density at radius 1 is 1.23 bits per heavy atom. The molecule has 2 amide bonds. The van der Waals surface area contributed by atoms with Crippen LogP contribution in [0.2, 0.25) is 0 Å². The van der Waals surface area contributed by atoms with Gasteiger partial charge in [-0.1, -0.05) is 12.1 Å². The Morgan fingerprint density at radius 3 is 2.50 bits per heavy atom. The van der Waals surface area contributed by atoms with Crippen LogP contribution < -0.4 is 5.32 Å². The smallest absolute Gasteiger partial charge is 0.407 e. The minimum atomic E-state index is -1.13. The largest absolute Gasteiger partial charge is 0.444 e. The quantitative estimate of drug-likeness (QED) is 0.731. The molecular weight excluding hydrogens is 343 g/mol. The zero-order chi connectivity index (χ0) is 19.5. The number of benzene rings is 1. The minimum Gasteiger partial charge on any atom is -0.444 e. The van der Waals surface area contributed by atoms with Crippen molar-refractivity contribution in [1.29, 1.82) is 0 Å². The van der Waals surface area contributed by atoms with Crippen LogP contribution in [0.25, 0.3) is 0 Å². The van der Waals surface area contributed by atoms with Gasteiger partial charge in [-0.3, -0.25) is 4.79 Å². The maximum atomic E-state index is 13.9. The van der Waals surface area contributed by atoms with E-state index in [0.29, 0.717) is 0 Å². The highest BCUT2D eigenvalue weighted by Gasteiger charge is 2.34. The molecular formula is C18H25FN2O5. The van der Waals surface area contributed by atoms with Crippen molar-refractivity contribution < 1.29 is 28.9 Å². The molecule has 0 spiro atoms. The number of carbonyl (C=O) groups is 2. The zero-order valence-corrected chi connectivity index (χ0v) is 15.1.